The van der Waals surface area contributed by atoms with Crippen molar-refractivity contribution in [3.8, 4) is 0 Å². The zero-order valence-corrected chi connectivity index (χ0v) is 6.10. The molecule has 10 heavy (non-hydrogen) atoms. The van der Waals surface area contributed by atoms with E-state index in [1.165, 1.54) is 12.8 Å². The van der Waals surface area contributed by atoms with Crippen molar-refractivity contribution in [3.63, 3.8) is 0 Å². The third-order valence-corrected chi connectivity index (χ3v) is 1.72. The normalized spacial score (nSPS) is 17.3. The van der Waals surface area contributed by atoms with Gasteiger partial charge in [-0.05, 0) is 12.8 Å². The highest BCUT2D eigenvalue weighted by Gasteiger charge is 2.26. The van der Waals surface area contributed by atoms with Crippen molar-refractivity contribution in [2.75, 3.05) is 0 Å². The van der Waals surface area contributed by atoms with Gasteiger partial charge in [-0.3, -0.25) is 0 Å². The van der Waals surface area contributed by atoms with E-state index in [9.17, 15) is 0 Å². The second kappa shape index (κ2) is 2.20. The minimum absolute atomic E-state index is 0.497. The van der Waals surface area contributed by atoms with Crippen LogP contribution in [0.3, 0.4) is 0 Å². The zero-order chi connectivity index (χ0) is 6.97. The number of nitrogens with zero attached hydrogens (tertiary/aromatic N) is 2. The number of hydrogen-bond acceptors (Lipinski definition) is 2. The first-order valence-corrected chi connectivity index (χ1v) is 3.64. The Morgan fingerprint density at radius 3 is 3.00 bits per heavy atom. The molecule has 2 nitrogen and oxygen atoms in total. The van der Waals surface area contributed by atoms with Gasteiger partial charge in [0.15, 0.2) is 0 Å². The van der Waals surface area contributed by atoms with Gasteiger partial charge in [-0.15, -0.1) is 0 Å². The van der Waals surface area contributed by atoms with E-state index in [4.69, 9.17) is 11.6 Å². The highest BCUT2D eigenvalue weighted by Crippen LogP contribution is 2.37. The van der Waals surface area contributed by atoms with Gasteiger partial charge in [-0.25, -0.2) is 9.97 Å². The summed E-state index contributed by atoms with van der Waals surface area (Å²) in [5, 5.41) is 0.497. The summed E-state index contributed by atoms with van der Waals surface area (Å²) >= 11 is 5.63. The number of halogens is 1. The van der Waals surface area contributed by atoms with Crippen molar-refractivity contribution in [1.29, 1.82) is 0 Å². The molecule has 0 N–H and O–H groups in total. The molecule has 0 bridgehead atoms. The maximum absolute atomic E-state index is 5.63. The first-order valence-electron chi connectivity index (χ1n) is 3.27. The van der Waals surface area contributed by atoms with Crippen LogP contribution in [0.15, 0.2) is 6.07 Å². The van der Waals surface area contributed by atoms with Gasteiger partial charge >= 0.3 is 0 Å². The van der Waals surface area contributed by atoms with Crippen LogP contribution in [-0.2, 0) is 0 Å². The Kier molecular flexibility index (Phi) is 1.34. The van der Waals surface area contributed by atoms with Crippen LogP contribution in [0.5, 0.6) is 0 Å². The van der Waals surface area contributed by atoms with Gasteiger partial charge in [-0.2, -0.15) is 0 Å². The molecule has 2 rings (SSSR count). The fraction of sp³-hybridized carbons (Fsp3) is 0.429. The third kappa shape index (κ3) is 1.12. The monoisotopic (exact) mass is 153 g/mol. The Hall–Kier alpha value is -0.630. The van der Waals surface area contributed by atoms with E-state index in [1.807, 2.05) is 0 Å². The summed E-state index contributed by atoms with van der Waals surface area (Å²) in [6.45, 7) is 0. The van der Waals surface area contributed by atoms with Gasteiger partial charge in [0.1, 0.15) is 11.0 Å². The SMILES string of the molecule is Clc1c[c]nc(C2CC2)n1. The van der Waals surface area contributed by atoms with Crippen LogP contribution in [0.25, 0.3) is 0 Å². The lowest BCUT2D eigenvalue weighted by molar-refractivity contribution is 0.923. The molecule has 1 aromatic heterocycles. The Bertz CT molecular complexity index is 245. The zero-order valence-electron chi connectivity index (χ0n) is 5.34. The Morgan fingerprint density at radius 1 is 1.60 bits per heavy atom. The molecule has 1 aliphatic carbocycles. The Morgan fingerprint density at radius 2 is 2.40 bits per heavy atom. The summed E-state index contributed by atoms with van der Waals surface area (Å²) in [4.78, 5) is 8.04. The van der Waals surface area contributed by atoms with E-state index >= 15 is 0 Å². The second-order valence-corrected chi connectivity index (χ2v) is 2.84. The molecular weight excluding hydrogens is 148 g/mol. The molecule has 0 unspecified atom stereocenters. The summed E-state index contributed by atoms with van der Waals surface area (Å²) in [7, 11) is 0. The summed E-state index contributed by atoms with van der Waals surface area (Å²) in [5.41, 5.74) is 0. The molecule has 1 aromatic rings. The lowest BCUT2D eigenvalue weighted by atomic mass is 10.4. The van der Waals surface area contributed by atoms with Crippen molar-refractivity contribution in [1.82, 2.24) is 9.97 Å². The van der Waals surface area contributed by atoms with Crippen LogP contribution >= 0.6 is 11.6 Å². The van der Waals surface area contributed by atoms with Crippen LogP contribution in [0.1, 0.15) is 24.6 Å². The molecule has 1 heterocycles. The van der Waals surface area contributed by atoms with Gasteiger partial charge in [-0.1, -0.05) is 11.6 Å². The van der Waals surface area contributed by atoms with Gasteiger partial charge in [0.2, 0.25) is 0 Å². The fourth-order valence-electron chi connectivity index (χ4n) is 0.842. The molecule has 51 valence electrons. The van der Waals surface area contributed by atoms with Crippen LogP contribution in [0.2, 0.25) is 5.15 Å². The average molecular weight is 154 g/mol. The largest absolute Gasteiger partial charge is 0.231 e. The van der Waals surface area contributed by atoms with Gasteiger partial charge in [0.25, 0.3) is 0 Å². The molecule has 0 amide bonds. The molecule has 0 atom stereocenters. The predicted octanol–water partition coefficient (Wildman–Crippen LogP) is 1.81. The standard InChI is InChI=1S/C7H6ClN2/c8-6-3-4-9-7(10-6)5-1-2-5/h3,5H,1-2H2. The Balaban J connectivity index is 2.32. The first-order chi connectivity index (χ1) is 4.86. The summed E-state index contributed by atoms with van der Waals surface area (Å²) < 4.78 is 0. The van der Waals surface area contributed by atoms with Crippen molar-refractivity contribution in [3.05, 3.63) is 23.2 Å². The predicted molar refractivity (Wildman–Crippen MR) is 37.9 cm³/mol. The van der Waals surface area contributed by atoms with Crippen LogP contribution in [0.4, 0.5) is 0 Å². The maximum Gasteiger partial charge on any atom is 0.133 e. The minimum atomic E-state index is 0.497. The molecular formula is C7H6ClN2. The van der Waals surface area contributed by atoms with Gasteiger partial charge in [0, 0.05) is 12.0 Å². The number of hydrogen-bond donors (Lipinski definition) is 0. The molecule has 1 aliphatic rings. The van der Waals surface area contributed by atoms with Crippen molar-refractivity contribution >= 4 is 11.6 Å². The third-order valence-electron chi connectivity index (χ3n) is 1.53. The van der Waals surface area contributed by atoms with Crippen LogP contribution in [0, 0.1) is 6.20 Å². The molecule has 1 fully saturated rings. The minimum Gasteiger partial charge on any atom is -0.231 e. The molecule has 0 saturated heterocycles. The quantitative estimate of drug-likeness (QED) is 0.575. The summed E-state index contributed by atoms with van der Waals surface area (Å²) in [5.74, 6) is 1.42. The van der Waals surface area contributed by atoms with Crippen molar-refractivity contribution in [2.45, 2.75) is 18.8 Å². The molecule has 1 radical (unpaired) electrons. The van der Waals surface area contributed by atoms with Crippen LogP contribution < -0.4 is 0 Å². The molecule has 1 saturated carbocycles. The van der Waals surface area contributed by atoms with Crippen LogP contribution in [-0.4, -0.2) is 9.97 Å². The van der Waals surface area contributed by atoms with E-state index in [-0.39, 0.29) is 0 Å². The van der Waals surface area contributed by atoms with E-state index in [0.29, 0.717) is 11.1 Å². The highest BCUT2D eigenvalue weighted by molar-refractivity contribution is 6.29. The van der Waals surface area contributed by atoms with Gasteiger partial charge in [0.05, 0.1) is 6.20 Å². The number of aromatic nitrogens is 2. The molecule has 3 heteroatoms. The molecule has 0 aromatic carbocycles. The fourth-order valence-corrected chi connectivity index (χ4v) is 0.978. The topological polar surface area (TPSA) is 25.8 Å². The highest BCUT2D eigenvalue weighted by atomic mass is 35.5. The summed E-state index contributed by atoms with van der Waals surface area (Å²) in [6, 6.07) is 1.58. The van der Waals surface area contributed by atoms with Crippen molar-refractivity contribution < 1.29 is 0 Å². The first kappa shape index (κ1) is 6.10. The van der Waals surface area contributed by atoms with E-state index in [1.54, 1.807) is 6.07 Å². The maximum atomic E-state index is 5.63. The van der Waals surface area contributed by atoms with E-state index in [2.05, 4.69) is 16.2 Å². The average Bonchev–Trinajstić information content (AvgIpc) is 2.68. The Labute approximate surface area is 64.3 Å². The second-order valence-electron chi connectivity index (χ2n) is 2.45. The van der Waals surface area contributed by atoms with E-state index in [0.717, 1.165) is 5.82 Å². The molecule has 0 aliphatic heterocycles. The number of rotatable bonds is 1. The molecule has 0 spiro atoms. The smallest absolute Gasteiger partial charge is 0.133 e. The summed E-state index contributed by atoms with van der Waals surface area (Å²) in [6.07, 6.45) is 5.11. The van der Waals surface area contributed by atoms with Gasteiger partial charge < -0.3 is 0 Å². The lowest BCUT2D eigenvalue weighted by Gasteiger charge is -1.93. The lowest BCUT2D eigenvalue weighted by Crippen LogP contribution is -1.90. The van der Waals surface area contributed by atoms with Crippen molar-refractivity contribution in [2.24, 2.45) is 0 Å². The van der Waals surface area contributed by atoms with E-state index < -0.39 is 0 Å².